The molecular formula is C40H40IrN2O2-2. The predicted octanol–water partition coefficient (Wildman–Crippen LogP) is 9.27. The van der Waals surface area contributed by atoms with Gasteiger partial charge in [0.15, 0.2) is 0 Å². The Morgan fingerprint density at radius 1 is 0.689 bits per heavy atom. The minimum absolute atomic E-state index is 0. The molecule has 0 aliphatic heterocycles. The van der Waals surface area contributed by atoms with E-state index < -0.39 is 0 Å². The first-order valence-electron chi connectivity index (χ1n) is 15.2. The summed E-state index contributed by atoms with van der Waals surface area (Å²) in [6.45, 7) is 5.32. The number of hydrogen-bond donors (Lipinski definition) is 2. The SMILES string of the molecule is C=CCCCCC(O)CC(C)O.[Ir].[c-]1ccccc1-c1nccc2ccccc12.[c-]1ccccc1-c1nccc2ccccc12. The van der Waals surface area contributed by atoms with Gasteiger partial charge in [0.05, 0.1) is 12.2 Å². The fraction of sp³-hybridized carbons (Fsp3) is 0.200. The minimum atomic E-state index is -0.389. The van der Waals surface area contributed by atoms with Crippen molar-refractivity contribution < 1.29 is 30.3 Å². The first kappa shape index (κ1) is 35.5. The summed E-state index contributed by atoms with van der Waals surface area (Å²) in [6, 6.07) is 42.9. The van der Waals surface area contributed by atoms with Crippen LogP contribution in [0, 0.1) is 12.1 Å². The van der Waals surface area contributed by atoms with Crippen LogP contribution in [-0.2, 0) is 20.1 Å². The molecule has 0 fully saturated rings. The topological polar surface area (TPSA) is 66.2 Å². The first-order valence-corrected chi connectivity index (χ1v) is 15.2. The predicted molar refractivity (Wildman–Crippen MR) is 183 cm³/mol. The number of nitrogens with zero attached hydrogens (tertiary/aromatic N) is 2. The molecule has 2 N–H and O–H groups in total. The molecule has 4 nitrogen and oxygen atoms in total. The van der Waals surface area contributed by atoms with Crippen molar-refractivity contribution in [3.05, 3.63) is 146 Å². The molecule has 45 heavy (non-hydrogen) atoms. The van der Waals surface area contributed by atoms with E-state index in [-0.39, 0.29) is 32.3 Å². The molecule has 4 aromatic carbocycles. The Morgan fingerprint density at radius 3 is 1.62 bits per heavy atom. The van der Waals surface area contributed by atoms with Crippen LogP contribution in [0.5, 0.6) is 0 Å². The second-order valence-electron chi connectivity index (χ2n) is 10.6. The molecule has 2 unspecified atom stereocenters. The summed E-state index contributed by atoms with van der Waals surface area (Å²) in [4.78, 5) is 8.89. The van der Waals surface area contributed by atoms with Crippen LogP contribution in [0.15, 0.2) is 134 Å². The fourth-order valence-electron chi connectivity index (χ4n) is 4.93. The number of pyridine rings is 2. The molecule has 0 amide bonds. The summed E-state index contributed by atoms with van der Waals surface area (Å²) >= 11 is 0. The average molecular weight is 773 g/mol. The number of rotatable bonds is 9. The molecule has 233 valence electrons. The Balaban J connectivity index is 0.000000185. The first-order chi connectivity index (χ1) is 21.6. The Morgan fingerprint density at radius 2 is 1.18 bits per heavy atom. The summed E-state index contributed by atoms with van der Waals surface area (Å²) in [5.41, 5.74) is 4.08. The Kier molecular flexibility index (Phi) is 15.3. The van der Waals surface area contributed by atoms with Crippen molar-refractivity contribution >= 4 is 21.5 Å². The van der Waals surface area contributed by atoms with Crippen molar-refractivity contribution in [2.24, 2.45) is 0 Å². The van der Waals surface area contributed by atoms with E-state index in [2.05, 4.69) is 52.9 Å². The van der Waals surface area contributed by atoms with Gasteiger partial charge in [-0.1, -0.05) is 61.0 Å². The third-order valence-electron chi connectivity index (χ3n) is 7.08. The van der Waals surface area contributed by atoms with E-state index in [1.165, 1.54) is 21.5 Å². The maximum absolute atomic E-state index is 9.33. The van der Waals surface area contributed by atoms with Gasteiger partial charge >= 0.3 is 0 Å². The molecule has 6 rings (SSSR count). The summed E-state index contributed by atoms with van der Waals surface area (Å²) in [5.74, 6) is 0. The van der Waals surface area contributed by atoms with E-state index in [0.29, 0.717) is 6.42 Å². The van der Waals surface area contributed by atoms with Crippen molar-refractivity contribution in [3.63, 3.8) is 0 Å². The number of benzene rings is 4. The van der Waals surface area contributed by atoms with Gasteiger partial charge in [-0.2, -0.15) is 0 Å². The Bertz CT molecular complexity index is 1580. The number of aromatic nitrogens is 2. The molecule has 0 spiro atoms. The van der Waals surface area contributed by atoms with Crippen LogP contribution < -0.4 is 0 Å². The van der Waals surface area contributed by atoms with Gasteiger partial charge in [0.25, 0.3) is 0 Å². The zero-order chi connectivity index (χ0) is 31.0. The number of hydrogen-bond acceptors (Lipinski definition) is 4. The quantitative estimate of drug-likeness (QED) is 0.0874. The van der Waals surface area contributed by atoms with Gasteiger partial charge in [-0.25, -0.2) is 0 Å². The van der Waals surface area contributed by atoms with Gasteiger partial charge in [0.2, 0.25) is 0 Å². The molecule has 1 radical (unpaired) electrons. The van der Waals surface area contributed by atoms with E-state index >= 15 is 0 Å². The fourth-order valence-corrected chi connectivity index (χ4v) is 4.93. The molecular weight excluding hydrogens is 733 g/mol. The van der Waals surface area contributed by atoms with Crippen LogP contribution >= 0.6 is 0 Å². The van der Waals surface area contributed by atoms with E-state index in [0.717, 1.165) is 48.2 Å². The third kappa shape index (κ3) is 11.1. The monoisotopic (exact) mass is 773 g/mol. The zero-order valence-electron chi connectivity index (χ0n) is 25.6. The molecule has 0 saturated heterocycles. The van der Waals surface area contributed by atoms with E-state index in [1.807, 2.05) is 103 Å². The van der Waals surface area contributed by atoms with Crippen LogP contribution in [-0.4, -0.2) is 32.4 Å². The molecule has 2 aromatic heterocycles. The van der Waals surface area contributed by atoms with Crippen molar-refractivity contribution in [2.45, 2.75) is 51.2 Å². The van der Waals surface area contributed by atoms with Crippen LogP contribution in [0.3, 0.4) is 0 Å². The molecule has 5 heteroatoms. The molecule has 2 atom stereocenters. The minimum Gasteiger partial charge on any atom is -0.393 e. The number of allylic oxidation sites excluding steroid dienone is 1. The van der Waals surface area contributed by atoms with Gasteiger partial charge < -0.3 is 20.2 Å². The standard InChI is InChI=1S/2C15H10N.C10H20O2.Ir/c2*1-2-7-13(8-3-1)15-14-9-5-4-6-12(14)10-11-16-15;1-3-4-5-6-7-10(12)8-9(2)11;/h2*1-7,9-11H;3,9-12H,1,4-8H2,2H3;/q2*-1;;. The molecule has 6 aromatic rings. The Labute approximate surface area is 280 Å². The molecule has 0 aliphatic rings. The second-order valence-corrected chi connectivity index (χ2v) is 10.6. The molecule has 0 aliphatic carbocycles. The Hall–Kier alpha value is -3.99. The van der Waals surface area contributed by atoms with Gasteiger partial charge in [0, 0.05) is 32.5 Å². The van der Waals surface area contributed by atoms with Gasteiger partial charge in [0.1, 0.15) is 0 Å². The maximum atomic E-state index is 9.33. The number of unbranched alkanes of at least 4 members (excludes halogenated alkanes) is 2. The van der Waals surface area contributed by atoms with Crippen molar-refractivity contribution in [1.29, 1.82) is 0 Å². The van der Waals surface area contributed by atoms with Crippen molar-refractivity contribution in [3.8, 4) is 22.5 Å². The van der Waals surface area contributed by atoms with Gasteiger partial charge in [-0.05, 0) is 77.7 Å². The molecule has 0 saturated carbocycles. The second kappa shape index (κ2) is 19.4. The zero-order valence-corrected chi connectivity index (χ0v) is 28.0. The smallest absolute Gasteiger partial charge is 0.0564 e. The average Bonchev–Trinajstić information content (AvgIpc) is 3.07. The normalized spacial score (nSPS) is 11.6. The molecule has 2 heterocycles. The van der Waals surface area contributed by atoms with Crippen molar-refractivity contribution in [1.82, 2.24) is 9.97 Å². The van der Waals surface area contributed by atoms with Gasteiger partial charge in [-0.15, -0.1) is 78.4 Å². The third-order valence-corrected chi connectivity index (χ3v) is 7.08. The van der Waals surface area contributed by atoms with Crippen LogP contribution in [0.1, 0.15) is 39.0 Å². The van der Waals surface area contributed by atoms with Crippen LogP contribution in [0.25, 0.3) is 44.1 Å². The van der Waals surface area contributed by atoms with E-state index in [4.69, 9.17) is 5.11 Å². The maximum Gasteiger partial charge on any atom is 0.0564 e. The number of aliphatic hydroxyl groups excluding tert-OH is 2. The van der Waals surface area contributed by atoms with Crippen LogP contribution in [0.4, 0.5) is 0 Å². The summed E-state index contributed by atoms with van der Waals surface area (Å²) in [7, 11) is 0. The van der Waals surface area contributed by atoms with E-state index in [9.17, 15) is 5.11 Å². The van der Waals surface area contributed by atoms with E-state index in [1.54, 1.807) is 6.92 Å². The summed E-state index contributed by atoms with van der Waals surface area (Å²) in [6.07, 6.45) is 9.25. The van der Waals surface area contributed by atoms with Crippen LogP contribution in [0.2, 0.25) is 0 Å². The largest absolute Gasteiger partial charge is 0.393 e. The summed E-state index contributed by atoms with van der Waals surface area (Å²) in [5, 5.41) is 23.1. The molecule has 0 bridgehead atoms. The number of fused-ring (bicyclic) bond motifs is 2. The van der Waals surface area contributed by atoms with Gasteiger partial charge in [-0.3, -0.25) is 0 Å². The number of aliphatic hydroxyl groups is 2. The van der Waals surface area contributed by atoms with Crippen molar-refractivity contribution in [2.75, 3.05) is 0 Å². The summed E-state index contributed by atoms with van der Waals surface area (Å²) < 4.78 is 0.